The van der Waals surface area contributed by atoms with Crippen LogP contribution in [0.1, 0.15) is 5.56 Å². The second kappa shape index (κ2) is 7.06. The van der Waals surface area contributed by atoms with E-state index in [0.29, 0.717) is 0 Å². The molecule has 0 radical (unpaired) electrons. The van der Waals surface area contributed by atoms with Gasteiger partial charge >= 0.3 is 0 Å². The number of fused-ring (bicyclic) bond motifs is 2. The largest absolute Gasteiger partial charge is 0.457 e. The van der Waals surface area contributed by atoms with E-state index in [1.807, 2.05) is 36.4 Å². The van der Waals surface area contributed by atoms with Gasteiger partial charge in [-0.3, -0.25) is 0 Å². The fourth-order valence-electron chi connectivity index (χ4n) is 3.87. The van der Waals surface area contributed by atoms with Gasteiger partial charge in [0, 0.05) is 11.5 Å². The second-order valence-electron chi connectivity index (χ2n) is 7.49. The fourth-order valence-corrected chi connectivity index (χ4v) is 3.87. The molecule has 0 atom stereocenters. The third kappa shape index (κ3) is 3.34. The standard InChI is InChI=1S/C27H22NO/c1-19-12-13-25(29-24-10-4-3-5-11-24)17-26(19)27-16-22-14-20-8-6-7-9-21(20)15-23(22)18-28(27)2/h3-18H,1-2H3/q+1. The lowest BCUT2D eigenvalue weighted by molar-refractivity contribution is -0.659. The number of ether oxygens (including phenoxy) is 1. The average molecular weight is 376 g/mol. The minimum Gasteiger partial charge on any atom is -0.457 e. The summed E-state index contributed by atoms with van der Waals surface area (Å²) in [4.78, 5) is 0. The van der Waals surface area contributed by atoms with Gasteiger partial charge in [0.1, 0.15) is 18.5 Å². The first-order valence-corrected chi connectivity index (χ1v) is 9.83. The number of hydrogen-bond acceptors (Lipinski definition) is 1. The number of aryl methyl sites for hydroxylation is 2. The highest BCUT2D eigenvalue weighted by Crippen LogP contribution is 2.31. The summed E-state index contributed by atoms with van der Waals surface area (Å²) < 4.78 is 8.27. The molecule has 0 bridgehead atoms. The number of pyridine rings is 1. The van der Waals surface area contributed by atoms with Crippen molar-refractivity contribution in [2.45, 2.75) is 6.92 Å². The zero-order valence-corrected chi connectivity index (χ0v) is 16.6. The van der Waals surface area contributed by atoms with Crippen LogP contribution >= 0.6 is 0 Å². The number of benzene rings is 4. The molecule has 0 N–H and O–H groups in total. The van der Waals surface area contributed by atoms with E-state index in [9.17, 15) is 0 Å². The van der Waals surface area contributed by atoms with Gasteiger partial charge in [0.25, 0.3) is 0 Å². The monoisotopic (exact) mass is 376 g/mol. The SMILES string of the molecule is Cc1ccc(Oc2ccccc2)cc1-c1cc2cc3ccccc3cc2c[n+]1C. The van der Waals surface area contributed by atoms with E-state index in [2.05, 4.69) is 79.3 Å². The Morgan fingerprint density at radius 1 is 0.621 bits per heavy atom. The first-order valence-electron chi connectivity index (χ1n) is 9.83. The first-order chi connectivity index (χ1) is 14.2. The average Bonchev–Trinajstić information content (AvgIpc) is 2.74. The summed E-state index contributed by atoms with van der Waals surface area (Å²) in [6, 6.07) is 31.5. The lowest BCUT2D eigenvalue weighted by Gasteiger charge is -2.10. The summed E-state index contributed by atoms with van der Waals surface area (Å²) in [7, 11) is 2.11. The van der Waals surface area contributed by atoms with Crippen molar-refractivity contribution in [1.29, 1.82) is 0 Å². The van der Waals surface area contributed by atoms with Crippen molar-refractivity contribution in [3.8, 4) is 22.8 Å². The van der Waals surface area contributed by atoms with Gasteiger partial charge in [-0.2, -0.15) is 0 Å². The molecule has 5 aromatic rings. The van der Waals surface area contributed by atoms with Crippen LogP contribution in [0.2, 0.25) is 0 Å². The molecule has 5 rings (SSSR count). The summed E-state index contributed by atoms with van der Waals surface area (Å²) in [5.74, 6) is 1.69. The molecule has 0 aliphatic carbocycles. The number of hydrogen-bond donors (Lipinski definition) is 0. The van der Waals surface area contributed by atoms with Gasteiger partial charge in [0.05, 0.1) is 5.56 Å². The Morgan fingerprint density at radius 2 is 1.31 bits per heavy atom. The van der Waals surface area contributed by atoms with Crippen molar-refractivity contribution in [2.75, 3.05) is 0 Å². The maximum absolute atomic E-state index is 6.07. The summed E-state index contributed by atoms with van der Waals surface area (Å²) in [6.45, 7) is 2.15. The van der Waals surface area contributed by atoms with E-state index in [-0.39, 0.29) is 0 Å². The van der Waals surface area contributed by atoms with E-state index in [4.69, 9.17) is 4.74 Å². The normalized spacial score (nSPS) is 11.1. The molecule has 0 saturated heterocycles. The number of nitrogens with zero attached hydrogens (tertiary/aromatic N) is 1. The lowest BCUT2D eigenvalue weighted by Crippen LogP contribution is -2.30. The Bertz CT molecular complexity index is 1340. The predicted octanol–water partition coefficient (Wildman–Crippen LogP) is 6.59. The molecule has 1 heterocycles. The molecule has 0 spiro atoms. The molecule has 0 amide bonds. The molecule has 0 aliphatic heterocycles. The van der Waals surface area contributed by atoms with Gasteiger partial charge in [0.2, 0.25) is 5.69 Å². The van der Waals surface area contributed by atoms with Crippen LogP contribution in [0.4, 0.5) is 0 Å². The molecule has 2 nitrogen and oxygen atoms in total. The molecule has 2 heteroatoms. The van der Waals surface area contributed by atoms with E-state index in [1.54, 1.807) is 0 Å². The summed E-state index contributed by atoms with van der Waals surface area (Å²) >= 11 is 0. The quantitative estimate of drug-likeness (QED) is 0.256. The van der Waals surface area contributed by atoms with Crippen molar-refractivity contribution < 1.29 is 9.30 Å². The highest BCUT2D eigenvalue weighted by Gasteiger charge is 2.16. The van der Waals surface area contributed by atoms with E-state index < -0.39 is 0 Å². The molecule has 0 aliphatic rings. The smallest absolute Gasteiger partial charge is 0.213 e. The molecule has 140 valence electrons. The van der Waals surface area contributed by atoms with Crippen molar-refractivity contribution in [2.24, 2.45) is 7.05 Å². The topological polar surface area (TPSA) is 13.1 Å². The first kappa shape index (κ1) is 17.4. The van der Waals surface area contributed by atoms with Crippen molar-refractivity contribution in [1.82, 2.24) is 0 Å². The van der Waals surface area contributed by atoms with Gasteiger partial charge < -0.3 is 4.74 Å². The van der Waals surface area contributed by atoms with Crippen LogP contribution in [0, 0.1) is 6.92 Å². The number of rotatable bonds is 3. The van der Waals surface area contributed by atoms with Gasteiger partial charge in [-0.1, -0.05) is 48.5 Å². The maximum Gasteiger partial charge on any atom is 0.213 e. The van der Waals surface area contributed by atoms with Gasteiger partial charge in [0.15, 0.2) is 6.20 Å². The summed E-state index contributed by atoms with van der Waals surface area (Å²) in [6.07, 6.45) is 2.21. The molecule has 4 aromatic carbocycles. The summed E-state index contributed by atoms with van der Waals surface area (Å²) in [5.41, 5.74) is 3.57. The number of para-hydroxylation sites is 1. The highest BCUT2D eigenvalue weighted by atomic mass is 16.5. The Kier molecular flexibility index (Phi) is 4.25. The van der Waals surface area contributed by atoms with Crippen LogP contribution < -0.4 is 9.30 Å². The fraction of sp³-hybridized carbons (Fsp3) is 0.0741. The van der Waals surface area contributed by atoms with E-state index in [1.165, 1.54) is 38.4 Å². The van der Waals surface area contributed by atoms with Crippen LogP contribution in [0.15, 0.2) is 97.2 Å². The van der Waals surface area contributed by atoms with Crippen molar-refractivity contribution >= 4 is 21.5 Å². The molecule has 1 aromatic heterocycles. The minimum absolute atomic E-state index is 0.843. The zero-order valence-electron chi connectivity index (χ0n) is 16.6. The molecular formula is C27H22NO+. The Labute approximate surface area is 170 Å². The van der Waals surface area contributed by atoms with Crippen LogP contribution in [0.25, 0.3) is 32.8 Å². The lowest BCUT2D eigenvalue weighted by atomic mass is 10.00. The number of aromatic nitrogens is 1. The van der Waals surface area contributed by atoms with Gasteiger partial charge in [-0.05, 0) is 65.0 Å². The molecule has 0 unspecified atom stereocenters. The van der Waals surface area contributed by atoms with Gasteiger partial charge in [-0.15, -0.1) is 0 Å². The molecule has 29 heavy (non-hydrogen) atoms. The third-order valence-electron chi connectivity index (χ3n) is 5.42. The molecular weight excluding hydrogens is 354 g/mol. The van der Waals surface area contributed by atoms with Crippen LogP contribution in [0.3, 0.4) is 0 Å². The highest BCUT2D eigenvalue weighted by molar-refractivity contribution is 5.98. The van der Waals surface area contributed by atoms with Crippen molar-refractivity contribution in [3.63, 3.8) is 0 Å². The van der Waals surface area contributed by atoms with Crippen LogP contribution in [-0.4, -0.2) is 0 Å². The predicted molar refractivity (Wildman–Crippen MR) is 119 cm³/mol. The van der Waals surface area contributed by atoms with Crippen LogP contribution in [-0.2, 0) is 7.05 Å². The van der Waals surface area contributed by atoms with Crippen molar-refractivity contribution in [3.05, 3.63) is 103 Å². The molecule has 0 saturated carbocycles. The second-order valence-corrected chi connectivity index (χ2v) is 7.49. The zero-order chi connectivity index (χ0) is 19.8. The summed E-state index contributed by atoms with van der Waals surface area (Å²) in [5, 5.41) is 5.01. The molecule has 0 fully saturated rings. The van der Waals surface area contributed by atoms with Crippen LogP contribution in [0.5, 0.6) is 11.5 Å². The van der Waals surface area contributed by atoms with E-state index in [0.717, 1.165) is 11.5 Å². The maximum atomic E-state index is 6.07. The minimum atomic E-state index is 0.843. The Hall–Kier alpha value is -3.65. The van der Waals surface area contributed by atoms with E-state index >= 15 is 0 Å². The Morgan fingerprint density at radius 3 is 2.07 bits per heavy atom. The third-order valence-corrected chi connectivity index (χ3v) is 5.42. The van der Waals surface area contributed by atoms with Gasteiger partial charge in [-0.25, -0.2) is 4.57 Å². The Balaban J connectivity index is 1.63.